The molecule has 0 aromatic heterocycles. The smallest absolute Gasteiger partial charge is 0.355 e. The molecular weight excluding hydrogens is 467 g/mol. The molecule has 0 aliphatic carbocycles. The Morgan fingerprint density at radius 3 is 2.33 bits per heavy atom. The van der Waals surface area contributed by atoms with E-state index in [2.05, 4.69) is 6.07 Å². The molecule has 0 bridgehead atoms. The molecule has 4 rings (SSSR count). The third-order valence-corrected chi connectivity index (χ3v) is 6.14. The van der Waals surface area contributed by atoms with Crippen molar-refractivity contribution >= 4 is 23.3 Å². The number of nitrogens with two attached hydrogens (primary N) is 1. The lowest BCUT2D eigenvalue weighted by Crippen LogP contribution is -2.42. The van der Waals surface area contributed by atoms with Crippen LogP contribution in [-0.2, 0) is 23.8 Å². The van der Waals surface area contributed by atoms with Gasteiger partial charge in [0.25, 0.3) is 0 Å². The van der Waals surface area contributed by atoms with Crippen LogP contribution in [0.2, 0.25) is 0 Å². The standard InChI is InChI=1S/C26H25FN4O5/c1-34-25(32)22-21(16-6-4-3-5-7-16)18(15-28)24(29)31(23(22)26(33)35-2)20-14-17(27)8-9-19(20)30-10-12-36-13-11-30/h3-9,14,21H,10-13,29H2,1-2H3. The van der Waals surface area contributed by atoms with Crippen molar-refractivity contribution in [3.05, 3.63) is 82.6 Å². The number of nitrogens with zero attached hydrogens (tertiary/aromatic N) is 3. The molecular formula is C26H25FN4O5. The average molecular weight is 493 g/mol. The molecule has 2 aliphatic rings. The first kappa shape index (κ1) is 24.8. The maximum absolute atomic E-state index is 14.6. The summed E-state index contributed by atoms with van der Waals surface area (Å²) in [6.45, 7) is 1.92. The molecule has 2 aromatic rings. The zero-order valence-electron chi connectivity index (χ0n) is 19.9. The van der Waals surface area contributed by atoms with Crippen molar-refractivity contribution in [1.29, 1.82) is 5.26 Å². The Balaban J connectivity index is 2.05. The molecule has 2 aliphatic heterocycles. The first-order valence-electron chi connectivity index (χ1n) is 11.2. The summed E-state index contributed by atoms with van der Waals surface area (Å²) in [6.07, 6.45) is 0. The van der Waals surface area contributed by atoms with Gasteiger partial charge in [-0.1, -0.05) is 30.3 Å². The van der Waals surface area contributed by atoms with E-state index in [4.69, 9.17) is 19.9 Å². The van der Waals surface area contributed by atoms with Crippen LogP contribution in [-0.4, -0.2) is 52.5 Å². The van der Waals surface area contributed by atoms with Gasteiger partial charge in [0.15, 0.2) is 0 Å². The Kier molecular flexibility index (Phi) is 7.22. The Bertz CT molecular complexity index is 1280. The van der Waals surface area contributed by atoms with E-state index in [0.717, 1.165) is 7.11 Å². The van der Waals surface area contributed by atoms with Gasteiger partial charge in [0, 0.05) is 19.2 Å². The second-order valence-electron chi connectivity index (χ2n) is 8.07. The zero-order chi connectivity index (χ0) is 25.8. The van der Waals surface area contributed by atoms with Crippen LogP contribution in [0.25, 0.3) is 0 Å². The first-order chi connectivity index (χ1) is 17.4. The number of anilines is 2. The molecule has 1 saturated heterocycles. The number of carbonyl (C=O) groups excluding carboxylic acids is 2. The molecule has 186 valence electrons. The maximum atomic E-state index is 14.6. The highest BCUT2D eigenvalue weighted by atomic mass is 19.1. The minimum atomic E-state index is -1.01. The molecule has 0 amide bonds. The number of allylic oxidation sites excluding steroid dienone is 1. The van der Waals surface area contributed by atoms with E-state index >= 15 is 0 Å². The number of ether oxygens (including phenoxy) is 3. The van der Waals surface area contributed by atoms with Crippen LogP contribution in [0.1, 0.15) is 11.5 Å². The Labute approximate surface area is 207 Å². The van der Waals surface area contributed by atoms with Crippen LogP contribution in [0.5, 0.6) is 0 Å². The second kappa shape index (κ2) is 10.5. The van der Waals surface area contributed by atoms with Gasteiger partial charge in [-0.15, -0.1) is 0 Å². The first-order valence-corrected chi connectivity index (χ1v) is 11.2. The summed E-state index contributed by atoms with van der Waals surface area (Å²) in [4.78, 5) is 29.6. The summed E-state index contributed by atoms with van der Waals surface area (Å²) in [6, 6.07) is 14.8. The molecule has 2 N–H and O–H groups in total. The number of nitriles is 1. The summed E-state index contributed by atoms with van der Waals surface area (Å²) in [7, 11) is 2.33. The number of halogens is 1. The predicted molar refractivity (Wildman–Crippen MR) is 129 cm³/mol. The molecule has 10 heteroatoms. The van der Waals surface area contributed by atoms with E-state index in [1.165, 1.54) is 24.1 Å². The van der Waals surface area contributed by atoms with Gasteiger partial charge in [0.05, 0.1) is 61.9 Å². The summed E-state index contributed by atoms with van der Waals surface area (Å²) in [5.74, 6) is -3.47. The number of hydrogen-bond donors (Lipinski definition) is 1. The third kappa shape index (κ3) is 4.36. The summed E-state index contributed by atoms with van der Waals surface area (Å²) in [5.41, 5.74) is 7.43. The number of esters is 2. The molecule has 2 heterocycles. The van der Waals surface area contributed by atoms with Gasteiger partial charge in [-0.25, -0.2) is 14.0 Å². The van der Waals surface area contributed by atoms with Crippen molar-refractivity contribution in [3.63, 3.8) is 0 Å². The maximum Gasteiger partial charge on any atom is 0.355 e. The van der Waals surface area contributed by atoms with Gasteiger partial charge in [-0.3, -0.25) is 4.90 Å². The zero-order valence-corrected chi connectivity index (χ0v) is 19.9. The van der Waals surface area contributed by atoms with Gasteiger partial charge in [0.2, 0.25) is 0 Å². The molecule has 1 atom stereocenters. The van der Waals surface area contributed by atoms with Gasteiger partial charge in [-0.05, 0) is 17.7 Å². The largest absolute Gasteiger partial charge is 0.466 e. The minimum Gasteiger partial charge on any atom is -0.466 e. The topological polar surface area (TPSA) is 118 Å². The summed E-state index contributed by atoms with van der Waals surface area (Å²) in [5, 5.41) is 10.2. The number of carbonyl (C=O) groups is 2. The average Bonchev–Trinajstić information content (AvgIpc) is 2.92. The van der Waals surface area contributed by atoms with E-state index in [1.807, 2.05) is 4.90 Å². The van der Waals surface area contributed by atoms with E-state index in [9.17, 15) is 19.2 Å². The van der Waals surface area contributed by atoms with Crippen molar-refractivity contribution in [2.24, 2.45) is 5.73 Å². The minimum absolute atomic E-state index is 0.00596. The van der Waals surface area contributed by atoms with Crippen molar-refractivity contribution in [2.75, 3.05) is 50.3 Å². The number of rotatable bonds is 5. The Morgan fingerprint density at radius 1 is 1.06 bits per heavy atom. The van der Waals surface area contributed by atoms with Crippen LogP contribution in [0.4, 0.5) is 15.8 Å². The predicted octanol–water partition coefficient (Wildman–Crippen LogP) is 2.56. The monoisotopic (exact) mass is 492 g/mol. The van der Waals surface area contributed by atoms with Crippen molar-refractivity contribution in [3.8, 4) is 6.07 Å². The Morgan fingerprint density at radius 2 is 1.72 bits per heavy atom. The highest BCUT2D eigenvalue weighted by molar-refractivity contribution is 6.07. The van der Waals surface area contributed by atoms with Crippen molar-refractivity contribution < 1.29 is 28.2 Å². The van der Waals surface area contributed by atoms with Crippen molar-refractivity contribution in [2.45, 2.75) is 5.92 Å². The summed E-state index contributed by atoms with van der Waals surface area (Å²) < 4.78 is 30.2. The van der Waals surface area contributed by atoms with Crippen LogP contribution in [0, 0.1) is 17.1 Å². The Hall–Kier alpha value is -4.36. The molecule has 0 spiro atoms. The van der Waals surface area contributed by atoms with Gasteiger partial charge in [0.1, 0.15) is 17.3 Å². The number of methoxy groups -OCH3 is 2. The van der Waals surface area contributed by atoms with E-state index in [1.54, 1.807) is 36.4 Å². The van der Waals surface area contributed by atoms with Crippen LogP contribution in [0.15, 0.2) is 71.2 Å². The number of benzene rings is 2. The molecule has 1 unspecified atom stereocenters. The van der Waals surface area contributed by atoms with Crippen LogP contribution in [0.3, 0.4) is 0 Å². The fraction of sp³-hybridized carbons (Fsp3) is 0.269. The second-order valence-corrected chi connectivity index (χ2v) is 8.07. The molecule has 2 aromatic carbocycles. The van der Waals surface area contributed by atoms with Crippen LogP contribution >= 0.6 is 0 Å². The van der Waals surface area contributed by atoms with Gasteiger partial charge < -0.3 is 24.8 Å². The van der Waals surface area contributed by atoms with Crippen LogP contribution < -0.4 is 15.5 Å². The molecule has 1 fully saturated rings. The molecule has 9 nitrogen and oxygen atoms in total. The molecule has 0 saturated carbocycles. The lowest BCUT2D eigenvalue weighted by molar-refractivity contribution is -0.139. The van der Waals surface area contributed by atoms with E-state index in [-0.39, 0.29) is 28.4 Å². The SMILES string of the molecule is COC(=O)C1=C(C(=O)OC)N(c2cc(F)ccc2N2CCOCC2)C(N)=C(C#N)C1c1ccccc1. The van der Waals surface area contributed by atoms with Crippen molar-refractivity contribution in [1.82, 2.24) is 0 Å². The fourth-order valence-electron chi connectivity index (χ4n) is 4.51. The lowest BCUT2D eigenvalue weighted by Gasteiger charge is -2.39. The van der Waals surface area contributed by atoms with E-state index < -0.39 is 23.7 Å². The normalized spacial score (nSPS) is 18.1. The quantitative estimate of drug-likeness (QED) is 0.628. The lowest BCUT2D eigenvalue weighted by atomic mass is 9.81. The van der Waals surface area contributed by atoms with Gasteiger partial charge >= 0.3 is 11.9 Å². The highest BCUT2D eigenvalue weighted by Crippen LogP contribution is 2.45. The summed E-state index contributed by atoms with van der Waals surface area (Å²) >= 11 is 0. The highest BCUT2D eigenvalue weighted by Gasteiger charge is 2.43. The van der Waals surface area contributed by atoms with E-state index in [0.29, 0.717) is 37.6 Å². The third-order valence-electron chi connectivity index (χ3n) is 6.14. The fourth-order valence-corrected chi connectivity index (χ4v) is 4.51. The molecule has 0 radical (unpaired) electrons. The molecule has 36 heavy (non-hydrogen) atoms. The van der Waals surface area contributed by atoms with Gasteiger partial charge in [-0.2, -0.15) is 5.26 Å². The number of hydrogen-bond acceptors (Lipinski definition) is 9. The number of morpholine rings is 1.